The molecule has 19 heavy (non-hydrogen) atoms. The van der Waals surface area contributed by atoms with E-state index in [0.29, 0.717) is 12.5 Å². The monoisotopic (exact) mass is 254 g/mol. The molecule has 0 spiro atoms. The summed E-state index contributed by atoms with van der Waals surface area (Å²) in [6, 6.07) is 9.93. The van der Waals surface area contributed by atoms with E-state index >= 15 is 0 Å². The molecule has 0 fully saturated rings. The first-order chi connectivity index (χ1) is 9.31. The highest BCUT2D eigenvalue weighted by Crippen LogP contribution is 2.26. The number of benzene rings is 1. The zero-order valence-corrected chi connectivity index (χ0v) is 10.9. The van der Waals surface area contributed by atoms with E-state index in [1.54, 1.807) is 6.20 Å². The molecule has 5 heteroatoms. The van der Waals surface area contributed by atoms with Crippen molar-refractivity contribution >= 4 is 10.9 Å². The van der Waals surface area contributed by atoms with Crippen molar-refractivity contribution in [1.29, 1.82) is 0 Å². The second-order valence-corrected chi connectivity index (χ2v) is 4.18. The highest BCUT2D eigenvalue weighted by molar-refractivity contribution is 5.86. The van der Waals surface area contributed by atoms with Gasteiger partial charge in [0, 0.05) is 5.39 Å². The fraction of sp³-hybridized carbons (Fsp3) is 0.214. The number of fused-ring (bicyclic) bond motifs is 1. The molecular weight excluding hydrogens is 240 g/mol. The van der Waals surface area contributed by atoms with Crippen LogP contribution in [0.15, 0.2) is 36.5 Å². The lowest BCUT2D eigenvalue weighted by Crippen LogP contribution is -2.03. The van der Waals surface area contributed by atoms with Crippen LogP contribution in [0.25, 0.3) is 16.6 Å². The Morgan fingerprint density at radius 2 is 1.95 bits per heavy atom. The van der Waals surface area contributed by atoms with Gasteiger partial charge in [-0.1, -0.05) is 18.2 Å². The molecule has 0 unspecified atom stereocenters. The molecule has 2 heterocycles. The number of aryl methyl sites for hydroxylation is 1. The van der Waals surface area contributed by atoms with Crippen LogP contribution in [0.2, 0.25) is 0 Å². The Balaban J connectivity index is 2.29. The largest absolute Gasteiger partial charge is 0.475 e. The summed E-state index contributed by atoms with van der Waals surface area (Å²) in [7, 11) is 0. The predicted octanol–water partition coefficient (Wildman–Crippen LogP) is 2.52. The molecule has 0 saturated carbocycles. The van der Waals surface area contributed by atoms with Crippen molar-refractivity contribution in [1.82, 2.24) is 20.0 Å². The molecule has 96 valence electrons. The fourth-order valence-electron chi connectivity index (χ4n) is 2.04. The second-order valence-electron chi connectivity index (χ2n) is 4.18. The van der Waals surface area contributed by atoms with E-state index in [-0.39, 0.29) is 0 Å². The van der Waals surface area contributed by atoms with Gasteiger partial charge in [0.25, 0.3) is 5.88 Å². The van der Waals surface area contributed by atoms with Crippen LogP contribution < -0.4 is 4.74 Å². The van der Waals surface area contributed by atoms with Crippen LogP contribution in [0.3, 0.4) is 0 Å². The van der Waals surface area contributed by atoms with Crippen LogP contribution in [0.1, 0.15) is 12.6 Å². The lowest BCUT2D eigenvalue weighted by atomic mass is 10.2. The molecule has 3 aromatic rings. The molecule has 0 bridgehead atoms. The average Bonchev–Trinajstić information content (AvgIpc) is 2.89. The summed E-state index contributed by atoms with van der Waals surface area (Å²) in [6.07, 6.45) is 1.80. The van der Waals surface area contributed by atoms with E-state index in [4.69, 9.17) is 4.74 Å². The fourth-order valence-corrected chi connectivity index (χ4v) is 2.04. The van der Waals surface area contributed by atoms with Crippen molar-refractivity contribution in [2.24, 2.45) is 0 Å². The van der Waals surface area contributed by atoms with E-state index in [1.807, 2.05) is 48.9 Å². The summed E-state index contributed by atoms with van der Waals surface area (Å²) in [4.78, 5) is 0. The summed E-state index contributed by atoms with van der Waals surface area (Å²) in [5.41, 5.74) is 2.69. The Morgan fingerprint density at radius 1 is 1.16 bits per heavy atom. The highest BCUT2D eigenvalue weighted by atomic mass is 16.5. The van der Waals surface area contributed by atoms with Gasteiger partial charge in [0.05, 0.1) is 24.2 Å². The quantitative estimate of drug-likeness (QED) is 0.720. The molecule has 0 atom stereocenters. The van der Waals surface area contributed by atoms with Crippen molar-refractivity contribution in [3.8, 4) is 11.6 Å². The Bertz CT molecular complexity index is 706. The topological polar surface area (TPSA) is 52.8 Å². The van der Waals surface area contributed by atoms with Crippen LogP contribution in [-0.2, 0) is 0 Å². The molecule has 0 aliphatic heterocycles. The Morgan fingerprint density at radius 3 is 2.68 bits per heavy atom. The molecule has 0 aliphatic carbocycles. The van der Waals surface area contributed by atoms with Crippen molar-refractivity contribution in [3.63, 3.8) is 0 Å². The molecule has 1 aromatic carbocycles. The molecular formula is C14H14N4O. The van der Waals surface area contributed by atoms with Crippen molar-refractivity contribution in [3.05, 3.63) is 42.2 Å². The van der Waals surface area contributed by atoms with Gasteiger partial charge < -0.3 is 4.74 Å². The first-order valence-electron chi connectivity index (χ1n) is 6.20. The number of aromatic nitrogens is 4. The van der Waals surface area contributed by atoms with Crippen LogP contribution in [0.5, 0.6) is 5.88 Å². The SMILES string of the molecule is CCOc1nnc(C)c2cnn(-c3ccccc3)c12. The first kappa shape index (κ1) is 11.6. The molecule has 0 radical (unpaired) electrons. The lowest BCUT2D eigenvalue weighted by molar-refractivity contribution is 0.325. The van der Waals surface area contributed by atoms with Gasteiger partial charge >= 0.3 is 0 Å². The van der Waals surface area contributed by atoms with E-state index < -0.39 is 0 Å². The first-order valence-corrected chi connectivity index (χ1v) is 6.20. The normalized spacial score (nSPS) is 10.8. The third-order valence-corrected chi connectivity index (χ3v) is 2.93. The summed E-state index contributed by atoms with van der Waals surface area (Å²) >= 11 is 0. The second kappa shape index (κ2) is 4.68. The number of para-hydroxylation sites is 1. The van der Waals surface area contributed by atoms with Gasteiger partial charge in [-0.25, -0.2) is 4.68 Å². The summed E-state index contributed by atoms with van der Waals surface area (Å²) in [6.45, 7) is 4.39. The van der Waals surface area contributed by atoms with E-state index in [9.17, 15) is 0 Å². The number of hydrogen-bond acceptors (Lipinski definition) is 4. The minimum Gasteiger partial charge on any atom is -0.475 e. The van der Waals surface area contributed by atoms with E-state index in [0.717, 1.165) is 22.3 Å². The highest BCUT2D eigenvalue weighted by Gasteiger charge is 2.14. The maximum absolute atomic E-state index is 5.56. The molecule has 0 N–H and O–H groups in total. The molecule has 0 saturated heterocycles. The zero-order valence-electron chi connectivity index (χ0n) is 10.9. The maximum Gasteiger partial charge on any atom is 0.260 e. The van der Waals surface area contributed by atoms with Gasteiger partial charge in [-0.3, -0.25) is 0 Å². The number of rotatable bonds is 3. The smallest absolute Gasteiger partial charge is 0.260 e. The lowest BCUT2D eigenvalue weighted by Gasteiger charge is -2.07. The Labute approximate surface area is 110 Å². The molecule has 0 amide bonds. The van der Waals surface area contributed by atoms with Gasteiger partial charge in [0.2, 0.25) is 0 Å². The molecule has 3 rings (SSSR count). The van der Waals surface area contributed by atoms with Crippen molar-refractivity contribution in [2.75, 3.05) is 6.61 Å². The van der Waals surface area contributed by atoms with Gasteiger partial charge in [-0.15, -0.1) is 5.10 Å². The maximum atomic E-state index is 5.56. The minimum atomic E-state index is 0.518. The predicted molar refractivity (Wildman–Crippen MR) is 72.6 cm³/mol. The van der Waals surface area contributed by atoms with E-state index in [1.165, 1.54) is 0 Å². The standard InChI is InChI=1S/C14H14N4O/c1-3-19-14-13-12(10(2)16-17-14)9-15-18(13)11-7-5-4-6-8-11/h4-9H,3H2,1-2H3. The molecule has 0 aliphatic rings. The molecule has 2 aromatic heterocycles. The van der Waals surface area contributed by atoms with Crippen LogP contribution in [-0.4, -0.2) is 26.6 Å². The van der Waals surface area contributed by atoms with Gasteiger partial charge in [0.1, 0.15) is 5.52 Å². The average molecular weight is 254 g/mol. The zero-order chi connectivity index (χ0) is 13.2. The number of hydrogen-bond donors (Lipinski definition) is 0. The Kier molecular flexibility index (Phi) is 2.87. The minimum absolute atomic E-state index is 0.518. The van der Waals surface area contributed by atoms with Gasteiger partial charge in [0.15, 0.2) is 0 Å². The summed E-state index contributed by atoms with van der Waals surface area (Å²) < 4.78 is 7.40. The Hall–Kier alpha value is -2.43. The number of ether oxygens (including phenoxy) is 1. The summed E-state index contributed by atoms with van der Waals surface area (Å²) in [5, 5.41) is 13.6. The van der Waals surface area contributed by atoms with Gasteiger partial charge in [-0.2, -0.15) is 10.2 Å². The van der Waals surface area contributed by atoms with Crippen LogP contribution in [0, 0.1) is 6.92 Å². The van der Waals surface area contributed by atoms with Crippen LogP contribution >= 0.6 is 0 Å². The van der Waals surface area contributed by atoms with Gasteiger partial charge in [-0.05, 0) is 26.0 Å². The third-order valence-electron chi connectivity index (χ3n) is 2.93. The van der Waals surface area contributed by atoms with Crippen molar-refractivity contribution < 1.29 is 4.74 Å². The van der Waals surface area contributed by atoms with E-state index in [2.05, 4.69) is 15.3 Å². The van der Waals surface area contributed by atoms with Crippen molar-refractivity contribution in [2.45, 2.75) is 13.8 Å². The van der Waals surface area contributed by atoms with Crippen LogP contribution in [0.4, 0.5) is 0 Å². The summed E-state index contributed by atoms with van der Waals surface area (Å²) in [5.74, 6) is 0.518. The molecule has 5 nitrogen and oxygen atoms in total. The number of nitrogens with zero attached hydrogens (tertiary/aromatic N) is 4. The third kappa shape index (κ3) is 1.93.